The number of amides is 1. The molecular formula is C24H27N5O3. The fourth-order valence-electron chi connectivity index (χ4n) is 3.65. The molecule has 8 heteroatoms. The van der Waals surface area contributed by atoms with E-state index in [1.807, 2.05) is 43.5 Å². The van der Waals surface area contributed by atoms with Crippen LogP contribution in [0.1, 0.15) is 25.0 Å². The molecule has 0 fully saturated rings. The van der Waals surface area contributed by atoms with E-state index in [1.54, 1.807) is 25.4 Å². The van der Waals surface area contributed by atoms with E-state index in [9.17, 15) is 4.79 Å². The number of rotatable bonds is 9. The van der Waals surface area contributed by atoms with Crippen LogP contribution in [0.4, 0.5) is 5.69 Å². The fourth-order valence-corrected chi connectivity index (χ4v) is 3.65. The summed E-state index contributed by atoms with van der Waals surface area (Å²) in [5.74, 6) is 2.77. The van der Waals surface area contributed by atoms with Crippen LogP contribution in [0.2, 0.25) is 0 Å². The van der Waals surface area contributed by atoms with Crippen LogP contribution in [0, 0.1) is 6.92 Å². The molecule has 2 aromatic carbocycles. The first-order valence-corrected chi connectivity index (χ1v) is 10.6. The molecule has 4 rings (SSSR count). The van der Waals surface area contributed by atoms with Gasteiger partial charge in [0.2, 0.25) is 0 Å². The number of para-hydroxylation sites is 2. The molecule has 0 saturated carbocycles. The van der Waals surface area contributed by atoms with E-state index in [1.165, 1.54) is 0 Å². The predicted molar refractivity (Wildman–Crippen MR) is 123 cm³/mol. The van der Waals surface area contributed by atoms with Crippen LogP contribution in [0.15, 0.2) is 54.9 Å². The van der Waals surface area contributed by atoms with E-state index in [4.69, 9.17) is 14.5 Å². The van der Waals surface area contributed by atoms with E-state index in [0.29, 0.717) is 23.7 Å². The quantitative estimate of drug-likeness (QED) is 0.431. The third-order valence-corrected chi connectivity index (χ3v) is 5.22. The maximum absolute atomic E-state index is 12.4. The summed E-state index contributed by atoms with van der Waals surface area (Å²) in [6, 6.07) is 13.0. The number of nitrogens with zero attached hydrogens (tertiary/aromatic N) is 4. The summed E-state index contributed by atoms with van der Waals surface area (Å²) in [5.41, 5.74) is 2.56. The van der Waals surface area contributed by atoms with Crippen molar-refractivity contribution in [1.82, 2.24) is 19.1 Å². The molecule has 0 aliphatic rings. The van der Waals surface area contributed by atoms with Gasteiger partial charge in [0.05, 0.1) is 24.7 Å². The van der Waals surface area contributed by atoms with Gasteiger partial charge in [0.25, 0.3) is 5.91 Å². The number of ether oxygens (including phenoxy) is 2. The highest BCUT2D eigenvalue weighted by Gasteiger charge is 2.13. The van der Waals surface area contributed by atoms with Crippen LogP contribution in [0.25, 0.3) is 11.0 Å². The van der Waals surface area contributed by atoms with Crippen LogP contribution in [0.3, 0.4) is 0 Å². The lowest BCUT2D eigenvalue weighted by atomic mass is 10.2. The summed E-state index contributed by atoms with van der Waals surface area (Å²) in [6.07, 6.45) is 4.75. The second-order valence-corrected chi connectivity index (χ2v) is 7.47. The lowest BCUT2D eigenvalue weighted by Crippen LogP contribution is -2.20. The van der Waals surface area contributed by atoms with Crippen molar-refractivity contribution in [3.63, 3.8) is 0 Å². The molecule has 0 atom stereocenters. The molecule has 0 aliphatic carbocycles. The Kier molecular flexibility index (Phi) is 6.39. The van der Waals surface area contributed by atoms with Gasteiger partial charge in [-0.25, -0.2) is 9.97 Å². The molecule has 1 amide bonds. The van der Waals surface area contributed by atoms with E-state index >= 15 is 0 Å². The standard InChI is InChI=1S/C24H27N5O3/c1-4-12-29-20-10-9-18(14-19(20)27-23(29)15-28-13-11-25-17(28)2)26-24(30)16-32-22-8-6-5-7-21(22)31-3/h5-11,13-14H,4,12,15-16H2,1-3H3,(H,26,30). The van der Waals surface area contributed by atoms with Crippen LogP contribution >= 0.6 is 0 Å². The minimum absolute atomic E-state index is 0.117. The van der Waals surface area contributed by atoms with Gasteiger partial charge in [0.1, 0.15) is 11.6 Å². The van der Waals surface area contributed by atoms with Crippen molar-refractivity contribution in [2.45, 2.75) is 33.4 Å². The van der Waals surface area contributed by atoms with Gasteiger partial charge in [-0.1, -0.05) is 19.1 Å². The Morgan fingerprint density at radius 3 is 2.69 bits per heavy atom. The van der Waals surface area contributed by atoms with E-state index in [2.05, 4.69) is 26.4 Å². The zero-order valence-electron chi connectivity index (χ0n) is 18.5. The maximum Gasteiger partial charge on any atom is 0.262 e. The molecule has 1 N–H and O–H groups in total. The number of aryl methyl sites for hydroxylation is 2. The molecule has 0 spiro atoms. The van der Waals surface area contributed by atoms with Crippen LogP contribution in [-0.2, 0) is 17.9 Å². The SMILES string of the molecule is CCCn1c(Cn2ccnc2C)nc2cc(NC(=O)COc3ccccc3OC)ccc21. The van der Waals surface area contributed by atoms with Gasteiger partial charge in [-0.05, 0) is 43.7 Å². The van der Waals surface area contributed by atoms with Gasteiger partial charge < -0.3 is 23.9 Å². The molecule has 0 radical (unpaired) electrons. The van der Waals surface area contributed by atoms with Crippen molar-refractivity contribution in [2.24, 2.45) is 0 Å². The third-order valence-electron chi connectivity index (χ3n) is 5.22. The number of hydrogen-bond acceptors (Lipinski definition) is 5. The number of benzene rings is 2. The Balaban J connectivity index is 1.50. The molecule has 8 nitrogen and oxygen atoms in total. The monoisotopic (exact) mass is 433 g/mol. The first-order chi connectivity index (χ1) is 15.6. The molecule has 32 heavy (non-hydrogen) atoms. The van der Waals surface area contributed by atoms with Crippen LogP contribution in [0.5, 0.6) is 11.5 Å². The normalized spacial score (nSPS) is 11.0. The number of fused-ring (bicyclic) bond motifs is 1. The summed E-state index contributed by atoms with van der Waals surface area (Å²) in [7, 11) is 1.57. The molecular weight excluding hydrogens is 406 g/mol. The number of methoxy groups -OCH3 is 1. The number of nitrogens with one attached hydrogen (secondary N) is 1. The van der Waals surface area contributed by atoms with Gasteiger partial charge in [-0.2, -0.15) is 0 Å². The highest BCUT2D eigenvalue weighted by atomic mass is 16.5. The smallest absolute Gasteiger partial charge is 0.262 e. The summed E-state index contributed by atoms with van der Waals surface area (Å²) in [5, 5.41) is 2.89. The van der Waals surface area contributed by atoms with Crippen LogP contribution < -0.4 is 14.8 Å². The van der Waals surface area contributed by atoms with Crippen molar-refractivity contribution in [1.29, 1.82) is 0 Å². The summed E-state index contributed by atoms with van der Waals surface area (Å²) in [6.45, 7) is 5.53. The molecule has 2 heterocycles. The Hall–Kier alpha value is -3.81. The number of aromatic nitrogens is 4. The van der Waals surface area contributed by atoms with Gasteiger partial charge in [-0.15, -0.1) is 0 Å². The molecule has 2 aromatic heterocycles. The average molecular weight is 434 g/mol. The molecule has 0 unspecified atom stereocenters. The Bertz CT molecular complexity index is 1230. The van der Waals surface area contributed by atoms with Gasteiger partial charge in [-0.3, -0.25) is 4.79 Å². The lowest BCUT2D eigenvalue weighted by molar-refractivity contribution is -0.118. The highest BCUT2D eigenvalue weighted by Crippen LogP contribution is 2.26. The first-order valence-electron chi connectivity index (χ1n) is 10.6. The second-order valence-electron chi connectivity index (χ2n) is 7.47. The number of anilines is 1. The number of hydrogen-bond donors (Lipinski definition) is 1. The molecule has 0 saturated heterocycles. The van der Waals surface area contributed by atoms with Crippen molar-refractivity contribution in [2.75, 3.05) is 19.0 Å². The van der Waals surface area contributed by atoms with Gasteiger partial charge >= 0.3 is 0 Å². The Labute approximate surface area is 186 Å². The maximum atomic E-state index is 12.4. The van der Waals surface area contributed by atoms with Gasteiger partial charge in [0, 0.05) is 24.6 Å². The molecule has 166 valence electrons. The lowest BCUT2D eigenvalue weighted by Gasteiger charge is -2.11. The largest absolute Gasteiger partial charge is 0.493 e. The highest BCUT2D eigenvalue weighted by molar-refractivity contribution is 5.94. The summed E-state index contributed by atoms with van der Waals surface area (Å²) >= 11 is 0. The van der Waals surface area contributed by atoms with Gasteiger partial charge in [0.15, 0.2) is 18.1 Å². The minimum Gasteiger partial charge on any atom is -0.493 e. The minimum atomic E-state index is -0.252. The summed E-state index contributed by atoms with van der Waals surface area (Å²) < 4.78 is 15.2. The topological polar surface area (TPSA) is 83.2 Å². The molecule has 4 aromatic rings. The van der Waals surface area contributed by atoms with Crippen LogP contribution in [-0.4, -0.2) is 38.7 Å². The van der Waals surface area contributed by atoms with E-state index in [-0.39, 0.29) is 12.5 Å². The fraction of sp³-hybridized carbons (Fsp3) is 0.292. The van der Waals surface area contributed by atoms with Crippen molar-refractivity contribution in [3.05, 3.63) is 66.5 Å². The molecule has 0 bridgehead atoms. The number of imidazole rings is 2. The Morgan fingerprint density at radius 2 is 1.97 bits per heavy atom. The van der Waals surface area contributed by atoms with Crippen molar-refractivity contribution in [3.8, 4) is 11.5 Å². The van der Waals surface area contributed by atoms with E-state index in [0.717, 1.165) is 35.6 Å². The molecule has 0 aliphatic heterocycles. The summed E-state index contributed by atoms with van der Waals surface area (Å²) in [4.78, 5) is 21.6. The predicted octanol–water partition coefficient (Wildman–Crippen LogP) is 4.03. The average Bonchev–Trinajstić information content (AvgIpc) is 3.35. The van der Waals surface area contributed by atoms with Crippen molar-refractivity contribution >= 4 is 22.6 Å². The Morgan fingerprint density at radius 1 is 1.16 bits per heavy atom. The zero-order chi connectivity index (χ0) is 22.5. The second kappa shape index (κ2) is 9.55. The van der Waals surface area contributed by atoms with Crippen molar-refractivity contribution < 1.29 is 14.3 Å². The first kappa shape index (κ1) is 21.4. The number of carbonyl (C=O) groups excluding carboxylic acids is 1. The van der Waals surface area contributed by atoms with E-state index < -0.39 is 0 Å². The third kappa shape index (κ3) is 4.59. The number of carbonyl (C=O) groups is 1. The zero-order valence-corrected chi connectivity index (χ0v) is 18.5.